The Kier molecular flexibility index (Phi) is 6.32. The Hall–Kier alpha value is -0.480. The Labute approximate surface area is 59.7 Å². The van der Waals surface area contributed by atoms with Crippen LogP contribution in [-0.2, 0) is 4.52 Å². The van der Waals surface area contributed by atoms with E-state index in [1.807, 2.05) is 0 Å². The van der Waals surface area contributed by atoms with Crippen molar-refractivity contribution in [3.05, 3.63) is 18.7 Å². The second-order valence-corrected chi connectivity index (χ2v) is 2.07. The SMILES string of the molecule is COP(O)O.c1c[nH]cn1. The third-order valence-corrected chi connectivity index (χ3v) is 0.896. The minimum absolute atomic E-state index is 1.23. The molecule has 1 aromatic rings. The average Bonchev–Trinajstić information content (AvgIpc) is 2.43. The maximum absolute atomic E-state index is 7.76. The minimum atomic E-state index is -2.10. The monoisotopic (exact) mass is 164 g/mol. The number of nitrogens with zero attached hydrogens (tertiary/aromatic N) is 1. The lowest BCUT2D eigenvalue weighted by Crippen LogP contribution is -1.67. The van der Waals surface area contributed by atoms with E-state index in [4.69, 9.17) is 9.79 Å². The molecule has 0 saturated heterocycles. The predicted octanol–water partition coefficient (Wildman–Crippen LogP) is 0.254. The van der Waals surface area contributed by atoms with Crippen molar-refractivity contribution >= 4 is 8.60 Å². The second-order valence-electron chi connectivity index (χ2n) is 1.20. The minimum Gasteiger partial charge on any atom is -0.351 e. The third-order valence-electron chi connectivity index (χ3n) is 0.569. The number of hydrogen-bond acceptors (Lipinski definition) is 4. The highest BCUT2D eigenvalue weighted by Crippen LogP contribution is 2.20. The van der Waals surface area contributed by atoms with Gasteiger partial charge in [0, 0.05) is 19.5 Å². The lowest BCUT2D eigenvalue weighted by molar-refractivity contribution is 0.310. The summed E-state index contributed by atoms with van der Waals surface area (Å²) in [7, 11) is -0.870. The Morgan fingerprint density at radius 1 is 1.60 bits per heavy atom. The van der Waals surface area contributed by atoms with Gasteiger partial charge in [-0.25, -0.2) is 4.98 Å². The molecule has 0 unspecified atom stereocenters. The van der Waals surface area contributed by atoms with Crippen LogP contribution in [0.25, 0.3) is 0 Å². The molecule has 0 amide bonds. The zero-order valence-electron chi connectivity index (χ0n) is 5.43. The summed E-state index contributed by atoms with van der Waals surface area (Å²) in [6, 6.07) is 0. The Bertz CT molecular complexity index is 116. The number of aromatic amines is 1. The van der Waals surface area contributed by atoms with E-state index in [2.05, 4.69) is 14.5 Å². The molecule has 0 aliphatic rings. The zero-order valence-corrected chi connectivity index (χ0v) is 6.32. The van der Waals surface area contributed by atoms with E-state index in [0.29, 0.717) is 0 Å². The van der Waals surface area contributed by atoms with Crippen molar-refractivity contribution in [3.63, 3.8) is 0 Å². The van der Waals surface area contributed by atoms with Gasteiger partial charge in [0.2, 0.25) is 0 Å². The molecule has 0 saturated carbocycles. The lowest BCUT2D eigenvalue weighted by atomic mass is 11.0. The molecule has 0 aromatic carbocycles. The van der Waals surface area contributed by atoms with Crippen LogP contribution in [0.15, 0.2) is 18.7 Å². The molecular weight excluding hydrogens is 155 g/mol. The number of hydrogen-bond donors (Lipinski definition) is 3. The van der Waals surface area contributed by atoms with E-state index in [0.717, 1.165) is 0 Å². The van der Waals surface area contributed by atoms with E-state index in [9.17, 15) is 0 Å². The summed E-state index contributed by atoms with van der Waals surface area (Å²) in [5.74, 6) is 0. The average molecular weight is 164 g/mol. The first kappa shape index (κ1) is 9.52. The van der Waals surface area contributed by atoms with Crippen LogP contribution in [0.5, 0.6) is 0 Å². The molecule has 1 rings (SSSR count). The fourth-order valence-electron chi connectivity index (χ4n) is 0.215. The molecule has 0 fully saturated rings. The van der Waals surface area contributed by atoms with Gasteiger partial charge in [-0.1, -0.05) is 0 Å². The first-order valence-corrected chi connectivity index (χ1v) is 3.58. The quantitative estimate of drug-likeness (QED) is 0.520. The van der Waals surface area contributed by atoms with Crippen LogP contribution in [0, 0.1) is 0 Å². The molecule has 3 N–H and O–H groups in total. The molecule has 5 nitrogen and oxygen atoms in total. The first-order chi connectivity index (χ1) is 4.77. The van der Waals surface area contributed by atoms with Crippen molar-refractivity contribution in [1.82, 2.24) is 9.97 Å². The van der Waals surface area contributed by atoms with Crippen molar-refractivity contribution in [2.75, 3.05) is 7.11 Å². The van der Waals surface area contributed by atoms with E-state index >= 15 is 0 Å². The summed E-state index contributed by atoms with van der Waals surface area (Å²) in [4.78, 5) is 21.9. The zero-order chi connectivity index (χ0) is 7.82. The Morgan fingerprint density at radius 3 is 2.30 bits per heavy atom. The smallest absolute Gasteiger partial charge is 0.326 e. The molecule has 0 atom stereocenters. The van der Waals surface area contributed by atoms with Crippen LogP contribution in [-0.4, -0.2) is 26.9 Å². The van der Waals surface area contributed by atoms with E-state index in [1.165, 1.54) is 7.11 Å². The molecule has 0 radical (unpaired) electrons. The summed E-state index contributed by atoms with van der Waals surface area (Å²) >= 11 is 0. The van der Waals surface area contributed by atoms with Crippen LogP contribution >= 0.6 is 8.60 Å². The Balaban J connectivity index is 0.000000162. The fraction of sp³-hybridized carbons (Fsp3) is 0.250. The Morgan fingerprint density at radius 2 is 2.20 bits per heavy atom. The third kappa shape index (κ3) is 7.52. The number of rotatable bonds is 1. The van der Waals surface area contributed by atoms with Gasteiger partial charge < -0.3 is 19.3 Å². The van der Waals surface area contributed by atoms with Gasteiger partial charge in [-0.05, 0) is 0 Å². The van der Waals surface area contributed by atoms with Crippen molar-refractivity contribution in [2.24, 2.45) is 0 Å². The fourth-order valence-corrected chi connectivity index (χ4v) is 0.215. The molecule has 0 aliphatic carbocycles. The van der Waals surface area contributed by atoms with Gasteiger partial charge in [0.05, 0.1) is 6.33 Å². The second kappa shape index (κ2) is 6.64. The summed E-state index contributed by atoms with van der Waals surface area (Å²) in [5, 5.41) is 0. The molecule has 6 heteroatoms. The first-order valence-electron chi connectivity index (χ1n) is 2.42. The van der Waals surface area contributed by atoms with Crippen molar-refractivity contribution in [2.45, 2.75) is 0 Å². The number of H-pyrrole nitrogens is 1. The topological polar surface area (TPSA) is 78.4 Å². The molecule has 58 valence electrons. The van der Waals surface area contributed by atoms with Crippen LogP contribution in [0.1, 0.15) is 0 Å². The standard InChI is InChI=1S/C3H4N2.CH5O3P/c1-2-5-3-4-1;1-4-5(2)3/h1-3H,(H,4,5);2-3H,1H3. The van der Waals surface area contributed by atoms with Crippen LogP contribution in [0.3, 0.4) is 0 Å². The highest BCUT2D eigenvalue weighted by Gasteiger charge is 1.86. The van der Waals surface area contributed by atoms with Gasteiger partial charge in [-0.15, -0.1) is 0 Å². The number of nitrogens with one attached hydrogen (secondary N) is 1. The van der Waals surface area contributed by atoms with E-state index in [-0.39, 0.29) is 0 Å². The van der Waals surface area contributed by atoms with Crippen LogP contribution in [0.4, 0.5) is 0 Å². The van der Waals surface area contributed by atoms with Gasteiger partial charge in [0.15, 0.2) is 0 Å². The van der Waals surface area contributed by atoms with Gasteiger partial charge in [-0.3, -0.25) is 0 Å². The maximum Gasteiger partial charge on any atom is 0.326 e. The van der Waals surface area contributed by atoms with Crippen molar-refractivity contribution in [1.29, 1.82) is 0 Å². The lowest BCUT2D eigenvalue weighted by Gasteiger charge is -1.89. The van der Waals surface area contributed by atoms with Crippen LogP contribution in [0.2, 0.25) is 0 Å². The molecule has 1 heterocycles. The maximum atomic E-state index is 7.76. The molecule has 0 spiro atoms. The molecule has 0 bridgehead atoms. The number of aromatic nitrogens is 2. The largest absolute Gasteiger partial charge is 0.351 e. The molecule has 1 aromatic heterocycles. The van der Waals surface area contributed by atoms with E-state index in [1.54, 1.807) is 18.7 Å². The van der Waals surface area contributed by atoms with Gasteiger partial charge >= 0.3 is 8.60 Å². The van der Waals surface area contributed by atoms with Crippen molar-refractivity contribution in [3.8, 4) is 0 Å². The van der Waals surface area contributed by atoms with Gasteiger partial charge in [0.1, 0.15) is 0 Å². The van der Waals surface area contributed by atoms with Gasteiger partial charge in [-0.2, -0.15) is 0 Å². The van der Waals surface area contributed by atoms with Crippen molar-refractivity contribution < 1.29 is 14.3 Å². The van der Waals surface area contributed by atoms with Crippen LogP contribution < -0.4 is 0 Å². The van der Waals surface area contributed by atoms with E-state index < -0.39 is 8.60 Å². The summed E-state index contributed by atoms with van der Waals surface area (Å²) in [6.07, 6.45) is 5.08. The number of imidazole rings is 1. The normalized spacial score (nSPS) is 8.80. The molecular formula is C4H9N2O3P. The van der Waals surface area contributed by atoms with Gasteiger partial charge in [0.25, 0.3) is 0 Å². The summed E-state index contributed by atoms with van der Waals surface area (Å²) in [6.45, 7) is 0. The predicted molar refractivity (Wildman–Crippen MR) is 37.0 cm³/mol. The highest BCUT2D eigenvalue weighted by atomic mass is 31.2. The highest BCUT2D eigenvalue weighted by molar-refractivity contribution is 7.39. The summed E-state index contributed by atoms with van der Waals surface area (Å²) < 4.78 is 3.93. The summed E-state index contributed by atoms with van der Waals surface area (Å²) in [5.41, 5.74) is 0. The molecule has 10 heavy (non-hydrogen) atoms. The molecule has 0 aliphatic heterocycles.